The van der Waals surface area contributed by atoms with Crippen molar-refractivity contribution in [1.29, 1.82) is 0 Å². The van der Waals surface area contributed by atoms with Crippen molar-refractivity contribution in [2.75, 3.05) is 12.3 Å². The first-order chi connectivity index (χ1) is 13.9. The molecule has 0 aliphatic carbocycles. The third kappa shape index (κ3) is 7.58. The molecule has 2 aromatic rings. The van der Waals surface area contributed by atoms with Crippen LogP contribution in [0.5, 0.6) is 0 Å². The summed E-state index contributed by atoms with van der Waals surface area (Å²) in [7, 11) is 0. The van der Waals surface area contributed by atoms with Gasteiger partial charge < -0.3 is 10.2 Å². The largest absolute Gasteiger partial charge is 0.354 e. The average Bonchev–Trinajstić information content (AvgIpc) is 2.71. The van der Waals surface area contributed by atoms with E-state index in [9.17, 15) is 9.59 Å². The van der Waals surface area contributed by atoms with Gasteiger partial charge in [0.1, 0.15) is 6.04 Å². The molecule has 0 saturated carbocycles. The number of nitrogens with one attached hydrogen (secondary N) is 1. The Morgan fingerprint density at radius 2 is 1.66 bits per heavy atom. The Kier molecular flexibility index (Phi) is 9.26. The van der Waals surface area contributed by atoms with Gasteiger partial charge in [-0.15, -0.1) is 11.8 Å². The fourth-order valence-corrected chi connectivity index (χ4v) is 3.90. The number of benzene rings is 2. The highest BCUT2D eigenvalue weighted by atomic mass is 32.2. The van der Waals surface area contributed by atoms with E-state index in [4.69, 9.17) is 0 Å². The van der Waals surface area contributed by atoms with Crippen molar-refractivity contribution in [2.24, 2.45) is 5.92 Å². The number of thioether (sulfide) groups is 1. The van der Waals surface area contributed by atoms with Crippen molar-refractivity contribution in [3.8, 4) is 0 Å². The van der Waals surface area contributed by atoms with Gasteiger partial charge in [0.05, 0.1) is 5.75 Å². The zero-order valence-electron chi connectivity index (χ0n) is 17.9. The molecule has 0 aromatic heterocycles. The molecule has 1 atom stereocenters. The van der Waals surface area contributed by atoms with Crippen LogP contribution in [0.3, 0.4) is 0 Å². The van der Waals surface area contributed by atoms with Gasteiger partial charge in [0.2, 0.25) is 11.8 Å². The van der Waals surface area contributed by atoms with Crippen LogP contribution in [0.4, 0.5) is 0 Å². The van der Waals surface area contributed by atoms with Crippen LogP contribution in [0.15, 0.2) is 54.6 Å². The van der Waals surface area contributed by atoms with Crippen molar-refractivity contribution in [1.82, 2.24) is 10.2 Å². The molecule has 0 aliphatic rings. The molecule has 0 aliphatic heterocycles. The molecule has 2 amide bonds. The van der Waals surface area contributed by atoms with Crippen molar-refractivity contribution in [3.05, 3.63) is 71.3 Å². The van der Waals surface area contributed by atoms with Crippen LogP contribution in [-0.4, -0.2) is 35.1 Å². The van der Waals surface area contributed by atoms with Gasteiger partial charge in [-0.05, 0) is 36.5 Å². The second kappa shape index (κ2) is 11.7. The standard InChI is InChI=1S/C24H32N2O2S/c1-18(2)14-25-24(28)20(4)26(15-21-11-6-5-7-12-21)23(27)17-29-16-22-13-9-8-10-19(22)3/h5-13,18,20H,14-17H2,1-4H3,(H,25,28)/t20-/m0/s1. The van der Waals surface area contributed by atoms with Crippen molar-refractivity contribution in [3.63, 3.8) is 0 Å². The molecule has 2 rings (SSSR count). The lowest BCUT2D eigenvalue weighted by Gasteiger charge is -2.29. The second-order valence-corrected chi connectivity index (χ2v) is 8.73. The van der Waals surface area contributed by atoms with E-state index in [-0.39, 0.29) is 11.8 Å². The van der Waals surface area contributed by atoms with Crippen LogP contribution in [0, 0.1) is 12.8 Å². The molecule has 0 unspecified atom stereocenters. The van der Waals surface area contributed by atoms with Crippen LogP contribution < -0.4 is 5.32 Å². The number of nitrogens with zero attached hydrogens (tertiary/aromatic N) is 1. The number of hydrogen-bond donors (Lipinski definition) is 1. The Bertz CT molecular complexity index is 792. The number of aryl methyl sites for hydroxylation is 1. The Labute approximate surface area is 179 Å². The Morgan fingerprint density at radius 1 is 1.00 bits per heavy atom. The third-order valence-electron chi connectivity index (χ3n) is 4.79. The molecule has 0 fully saturated rings. The van der Waals surface area contributed by atoms with E-state index < -0.39 is 6.04 Å². The van der Waals surface area contributed by atoms with E-state index >= 15 is 0 Å². The summed E-state index contributed by atoms with van der Waals surface area (Å²) in [5.74, 6) is 1.38. The van der Waals surface area contributed by atoms with Gasteiger partial charge in [-0.25, -0.2) is 0 Å². The summed E-state index contributed by atoms with van der Waals surface area (Å²) < 4.78 is 0. The normalized spacial score (nSPS) is 11.9. The molecule has 5 heteroatoms. The molecule has 29 heavy (non-hydrogen) atoms. The summed E-state index contributed by atoms with van der Waals surface area (Å²) in [6, 6.07) is 17.5. The van der Waals surface area contributed by atoms with E-state index in [1.165, 1.54) is 11.1 Å². The summed E-state index contributed by atoms with van der Waals surface area (Å²) in [5.41, 5.74) is 3.49. The molecule has 2 aromatic carbocycles. The molecule has 0 radical (unpaired) electrons. The van der Waals surface area contributed by atoms with Gasteiger partial charge in [-0.2, -0.15) is 0 Å². The van der Waals surface area contributed by atoms with Gasteiger partial charge in [0.15, 0.2) is 0 Å². The maximum Gasteiger partial charge on any atom is 0.242 e. The third-order valence-corrected chi connectivity index (χ3v) is 5.76. The number of rotatable bonds is 10. The lowest BCUT2D eigenvalue weighted by atomic mass is 10.1. The summed E-state index contributed by atoms with van der Waals surface area (Å²) in [5, 5.41) is 2.95. The fourth-order valence-electron chi connectivity index (χ4n) is 2.92. The highest BCUT2D eigenvalue weighted by Crippen LogP contribution is 2.18. The topological polar surface area (TPSA) is 49.4 Å². The SMILES string of the molecule is Cc1ccccc1CSCC(=O)N(Cc1ccccc1)[C@@H](C)C(=O)NCC(C)C. The van der Waals surface area contributed by atoms with E-state index in [0.717, 1.165) is 11.3 Å². The van der Waals surface area contributed by atoms with Crippen LogP contribution in [0.25, 0.3) is 0 Å². The predicted octanol–water partition coefficient (Wildman–Crippen LogP) is 4.42. The zero-order chi connectivity index (χ0) is 21.2. The lowest BCUT2D eigenvalue weighted by Crippen LogP contribution is -2.48. The maximum atomic E-state index is 13.0. The molecule has 0 bridgehead atoms. The van der Waals surface area contributed by atoms with Crippen LogP contribution in [-0.2, 0) is 21.9 Å². The summed E-state index contributed by atoms with van der Waals surface area (Å²) >= 11 is 1.59. The Hall–Kier alpha value is -2.27. The number of hydrogen-bond acceptors (Lipinski definition) is 3. The first-order valence-corrected chi connectivity index (χ1v) is 11.3. The summed E-state index contributed by atoms with van der Waals surface area (Å²) in [4.78, 5) is 27.3. The molecule has 4 nitrogen and oxygen atoms in total. The monoisotopic (exact) mass is 412 g/mol. The number of carbonyl (C=O) groups is 2. The smallest absolute Gasteiger partial charge is 0.242 e. The first kappa shape index (κ1) is 23.0. The summed E-state index contributed by atoms with van der Waals surface area (Å²) in [6.45, 7) is 9.04. The highest BCUT2D eigenvalue weighted by Gasteiger charge is 2.26. The second-order valence-electron chi connectivity index (χ2n) is 7.74. The number of amides is 2. The molecule has 1 N–H and O–H groups in total. The molecular weight excluding hydrogens is 380 g/mol. The van der Waals surface area contributed by atoms with Gasteiger partial charge in [0, 0.05) is 18.8 Å². The van der Waals surface area contributed by atoms with E-state index in [1.807, 2.05) is 49.4 Å². The van der Waals surface area contributed by atoms with Crippen molar-refractivity contribution in [2.45, 2.75) is 46.0 Å². The van der Waals surface area contributed by atoms with Crippen LogP contribution >= 0.6 is 11.8 Å². The van der Waals surface area contributed by atoms with E-state index in [2.05, 4.69) is 38.2 Å². The minimum absolute atomic E-state index is 0.0142. The fraction of sp³-hybridized carbons (Fsp3) is 0.417. The number of carbonyl (C=O) groups excluding carboxylic acids is 2. The molecule has 0 saturated heterocycles. The van der Waals surface area contributed by atoms with Crippen LogP contribution in [0.1, 0.15) is 37.5 Å². The Morgan fingerprint density at radius 3 is 2.31 bits per heavy atom. The predicted molar refractivity (Wildman–Crippen MR) is 122 cm³/mol. The maximum absolute atomic E-state index is 13.0. The van der Waals surface area contributed by atoms with Gasteiger partial charge >= 0.3 is 0 Å². The van der Waals surface area contributed by atoms with Crippen LogP contribution in [0.2, 0.25) is 0 Å². The molecule has 156 valence electrons. The molecule has 0 heterocycles. The van der Waals surface area contributed by atoms with Gasteiger partial charge in [-0.3, -0.25) is 9.59 Å². The minimum Gasteiger partial charge on any atom is -0.354 e. The Balaban J connectivity index is 2.03. The molecular formula is C24H32N2O2S. The minimum atomic E-state index is -0.513. The first-order valence-electron chi connectivity index (χ1n) is 10.1. The average molecular weight is 413 g/mol. The quantitative estimate of drug-likeness (QED) is 0.628. The van der Waals surface area contributed by atoms with E-state index in [0.29, 0.717) is 24.8 Å². The van der Waals surface area contributed by atoms with Gasteiger partial charge in [-0.1, -0.05) is 68.4 Å². The van der Waals surface area contributed by atoms with Crippen molar-refractivity contribution >= 4 is 23.6 Å². The van der Waals surface area contributed by atoms with Crippen molar-refractivity contribution < 1.29 is 9.59 Å². The summed E-state index contributed by atoms with van der Waals surface area (Å²) in [6.07, 6.45) is 0. The molecule has 0 spiro atoms. The lowest BCUT2D eigenvalue weighted by molar-refractivity contribution is -0.138. The highest BCUT2D eigenvalue weighted by molar-refractivity contribution is 7.99. The zero-order valence-corrected chi connectivity index (χ0v) is 18.7. The van der Waals surface area contributed by atoms with E-state index in [1.54, 1.807) is 16.7 Å². The van der Waals surface area contributed by atoms with Gasteiger partial charge in [0.25, 0.3) is 0 Å².